The molecule has 0 aromatic carbocycles. The minimum absolute atomic E-state index is 1.16. The lowest BCUT2D eigenvalue weighted by Crippen LogP contribution is -2.33. The summed E-state index contributed by atoms with van der Waals surface area (Å²) >= 11 is 0. The van der Waals surface area contributed by atoms with E-state index in [4.69, 9.17) is 6.42 Å². The molecule has 0 amide bonds. The molecule has 0 heterocycles. The van der Waals surface area contributed by atoms with E-state index >= 15 is 0 Å². The molecule has 0 aliphatic carbocycles. The summed E-state index contributed by atoms with van der Waals surface area (Å²) in [7, 11) is -1.24. The molecule has 0 aliphatic heterocycles. The van der Waals surface area contributed by atoms with Gasteiger partial charge in [-0.05, 0) is 0 Å². The van der Waals surface area contributed by atoms with Crippen molar-refractivity contribution in [3.8, 4) is 12.3 Å². The van der Waals surface area contributed by atoms with Gasteiger partial charge in [0.15, 0.2) is 0 Å². The molecule has 0 radical (unpaired) electrons. The minimum atomic E-state index is -1.24. The molecule has 0 fully saturated rings. The summed E-state index contributed by atoms with van der Waals surface area (Å²) in [5, 5.41) is 0. The smallest absolute Gasteiger partial charge is 0.0664 e. The Morgan fingerprint density at radius 3 is 1.04 bits per heavy atom. The molecule has 0 bridgehead atoms. The van der Waals surface area contributed by atoms with Crippen LogP contribution in [0, 0.1) is 12.3 Å². The maximum atomic E-state index is 5.91. The van der Waals surface area contributed by atoms with Gasteiger partial charge < -0.3 is 0 Å². The summed E-state index contributed by atoms with van der Waals surface area (Å²) in [5.41, 5.74) is 0. The average Bonchev–Trinajstić information content (AvgIpc) is 2.70. The van der Waals surface area contributed by atoms with Gasteiger partial charge in [-0.25, -0.2) is 0 Å². The molecule has 0 N–H and O–H groups in total. The zero-order chi connectivity index (χ0) is 20.8. The molecule has 0 rings (SSSR count). The zero-order valence-electron chi connectivity index (χ0n) is 20.1. The first kappa shape index (κ1) is 27.8. The van der Waals surface area contributed by atoms with Crippen LogP contribution in [0.5, 0.6) is 0 Å². The average molecular weight is 407 g/mol. The van der Waals surface area contributed by atoms with Crippen molar-refractivity contribution in [1.29, 1.82) is 0 Å². The lowest BCUT2D eigenvalue weighted by molar-refractivity contribution is 0.606. The molecule has 0 unspecified atom stereocenters. The van der Waals surface area contributed by atoms with E-state index in [1.54, 1.807) is 0 Å². The SMILES string of the molecule is C#CC[Si](CCCCCCCC)(CCCCCCCC)CCCCCCCC. The number of hydrogen-bond donors (Lipinski definition) is 0. The predicted octanol–water partition coefficient (Wildman–Crippen LogP) is 10.1. The van der Waals surface area contributed by atoms with E-state index < -0.39 is 8.07 Å². The Labute approximate surface area is 181 Å². The van der Waals surface area contributed by atoms with Crippen LogP contribution in [0.4, 0.5) is 0 Å². The highest BCUT2D eigenvalue weighted by atomic mass is 28.3. The summed E-state index contributed by atoms with van der Waals surface area (Å²) in [6.45, 7) is 6.93. The highest BCUT2D eigenvalue weighted by Crippen LogP contribution is 2.33. The molecule has 166 valence electrons. The molecule has 28 heavy (non-hydrogen) atoms. The van der Waals surface area contributed by atoms with Crippen LogP contribution in [0.2, 0.25) is 24.2 Å². The van der Waals surface area contributed by atoms with E-state index in [0.717, 1.165) is 6.04 Å². The first-order valence-electron chi connectivity index (χ1n) is 13.2. The molecule has 0 aromatic heterocycles. The highest BCUT2D eigenvalue weighted by Gasteiger charge is 2.30. The first-order valence-corrected chi connectivity index (χ1v) is 16.0. The molecule has 0 nitrogen and oxygen atoms in total. The Bertz CT molecular complexity index is 300. The molecular weight excluding hydrogens is 352 g/mol. The lowest BCUT2D eigenvalue weighted by atomic mass is 10.1. The van der Waals surface area contributed by atoms with E-state index in [1.165, 1.54) is 134 Å². The molecule has 1 heteroatoms. The molecule has 0 aliphatic rings. The van der Waals surface area contributed by atoms with Crippen LogP contribution in [-0.4, -0.2) is 8.07 Å². The number of rotatable bonds is 22. The second-order valence-corrected chi connectivity index (χ2v) is 14.3. The second-order valence-electron chi connectivity index (χ2n) is 9.43. The Balaban J connectivity index is 4.42. The Kier molecular flexibility index (Phi) is 21.3. The quantitative estimate of drug-likeness (QED) is 0.0952. The van der Waals surface area contributed by atoms with Gasteiger partial charge in [-0.1, -0.05) is 154 Å². The summed E-state index contributed by atoms with van der Waals surface area (Å²) in [6, 6.07) is 5.72. The minimum Gasteiger partial charge on any atom is -0.120 e. The van der Waals surface area contributed by atoms with E-state index in [-0.39, 0.29) is 0 Å². The van der Waals surface area contributed by atoms with Crippen molar-refractivity contribution in [3.63, 3.8) is 0 Å². The standard InChI is InChI=1S/C27H54Si/c1-5-9-12-15-18-21-25-28(24-8-4,26-22-19-16-13-10-6-2)27-23-20-17-14-11-7-3/h4H,5-7,9-27H2,1-3H3. The lowest BCUT2D eigenvalue weighted by Gasteiger charge is -2.31. The van der Waals surface area contributed by atoms with Gasteiger partial charge in [0.2, 0.25) is 0 Å². The maximum Gasteiger partial charge on any atom is 0.0664 e. The molecular formula is C27H54Si. The van der Waals surface area contributed by atoms with Gasteiger partial charge >= 0.3 is 0 Å². The van der Waals surface area contributed by atoms with Gasteiger partial charge in [-0.2, -0.15) is 0 Å². The van der Waals surface area contributed by atoms with Crippen molar-refractivity contribution in [2.75, 3.05) is 0 Å². The fourth-order valence-electron chi connectivity index (χ4n) is 4.70. The van der Waals surface area contributed by atoms with E-state index in [0.29, 0.717) is 0 Å². The van der Waals surface area contributed by atoms with Crippen molar-refractivity contribution in [3.05, 3.63) is 0 Å². The molecule has 0 saturated carbocycles. The summed E-state index contributed by atoms with van der Waals surface area (Å²) in [4.78, 5) is 0. The monoisotopic (exact) mass is 406 g/mol. The Hall–Kier alpha value is -0.223. The Morgan fingerprint density at radius 2 is 0.750 bits per heavy atom. The molecule has 0 atom stereocenters. The fourth-order valence-corrected chi connectivity index (χ4v) is 9.41. The third-order valence-corrected chi connectivity index (χ3v) is 11.9. The van der Waals surface area contributed by atoms with Crippen molar-refractivity contribution in [2.45, 2.75) is 161 Å². The topological polar surface area (TPSA) is 0 Å². The van der Waals surface area contributed by atoms with E-state index in [2.05, 4.69) is 26.7 Å². The third kappa shape index (κ3) is 16.7. The number of terminal acetylenes is 1. The summed E-state index contributed by atoms with van der Waals surface area (Å²) < 4.78 is 0. The van der Waals surface area contributed by atoms with Gasteiger partial charge in [-0.15, -0.1) is 12.3 Å². The van der Waals surface area contributed by atoms with Gasteiger partial charge in [0.1, 0.15) is 0 Å². The van der Waals surface area contributed by atoms with Crippen LogP contribution in [0.1, 0.15) is 136 Å². The van der Waals surface area contributed by atoms with Crippen LogP contribution in [0.25, 0.3) is 0 Å². The van der Waals surface area contributed by atoms with Crippen molar-refractivity contribution in [2.24, 2.45) is 0 Å². The van der Waals surface area contributed by atoms with Crippen LogP contribution < -0.4 is 0 Å². The normalized spacial score (nSPS) is 11.6. The van der Waals surface area contributed by atoms with Crippen LogP contribution in [0.3, 0.4) is 0 Å². The first-order chi connectivity index (χ1) is 13.7. The van der Waals surface area contributed by atoms with Crippen LogP contribution in [-0.2, 0) is 0 Å². The van der Waals surface area contributed by atoms with E-state index in [9.17, 15) is 0 Å². The largest absolute Gasteiger partial charge is 0.120 e. The molecule has 0 spiro atoms. The highest BCUT2D eigenvalue weighted by molar-refractivity contribution is 6.80. The zero-order valence-corrected chi connectivity index (χ0v) is 21.1. The second kappa shape index (κ2) is 21.5. The predicted molar refractivity (Wildman–Crippen MR) is 134 cm³/mol. The summed E-state index contributed by atoms with van der Waals surface area (Å²) in [5.74, 6) is 3.15. The molecule has 0 saturated heterocycles. The van der Waals surface area contributed by atoms with E-state index in [1.807, 2.05) is 0 Å². The fraction of sp³-hybridized carbons (Fsp3) is 0.926. The number of hydrogen-bond acceptors (Lipinski definition) is 0. The van der Waals surface area contributed by atoms with Crippen LogP contribution in [0.15, 0.2) is 0 Å². The van der Waals surface area contributed by atoms with Crippen molar-refractivity contribution in [1.82, 2.24) is 0 Å². The van der Waals surface area contributed by atoms with Crippen LogP contribution >= 0.6 is 0 Å². The van der Waals surface area contributed by atoms with Gasteiger partial charge in [0.05, 0.1) is 8.07 Å². The van der Waals surface area contributed by atoms with Gasteiger partial charge in [-0.3, -0.25) is 0 Å². The van der Waals surface area contributed by atoms with Gasteiger partial charge in [0.25, 0.3) is 0 Å². The maximum absolute atomic E-state index is 5.91. The van der Waals surface area contributed by atoms with Crippen molar-refractivity contribution >= 4 is 8.07 Å². The number of unbranched alkanes of at least 4 members (excludes halogenated alkanes) is 15. The molecule has 0 aromatic rings. The Morgan fingerprint density at radius 1 is 0.464 bits per heavy atom. The third-order valence-electron chi connectivity index (χ3n) is 6.66. The van der Waals surface area contributed by atoms with Crippen molar-refractivity contribution < 1.29 is 0 Å². The summed E-state index contributed by atoms with van der Waals surface area (Å²) in [6.07, 6.45) is 31.6. The van der Waals surface area contributed by atoms with Gasteiger partial charge in [0, 0.05) is 6.04 Å².